The molecule has 1 heterocycles. The molecule has 0 bridgehead atoms. The van der Waals surface area contributed by atoms with Gasteiger partial charge in [0, 0.05) is 20.1 Å². The summed E-state index contributed by atoms with van der Waals surface area (Å²) < 4.78 is 6.54. The normalized spacial score (nSPS) is 10.6. The number of hydrogen-bond donors (Lipinski definition) is 2. The lowest BCUT2D eigenvalue weighted by molar-refractivity contribution is 0.240. The fourth-order valence-electron chi connectivity index (χ4n) is 1.77. The Kier molecular flexibility index (Phi) is 3.89. The minimum absolute atomic E-state index is 0.198. The quantitative estimate of drug-likeness (QED) is 0.874. The molecular weight excluding hydrogens is 246 g/mol. The molecule has 2 amide bonds. The SMILES string of the molecule is CCCNC(=O)NCc1ccc2c(c1)oc(=O)n2C. The topological polar surface area (TPSA) is 76.3 Å². The van der Waals surface area contributed by atoms with Crippen molar-refractivity contribution in [2.45, 2.75) is 19.9 Å². The van der Waals surface area contributed by atoms with E-state index < -0.39 is 0 Å². The molecule has 6 heteroatoms. The summed E-state index contributed by atoms with van der Waals surface area (Å²) in [6.45, 7) is 3.04. The molecule has 19 heavy (non-hydrogen) atoms. The van der Waals surface area contributed by atoms with Gasteiger partial charge in [-0.1, -0.05) is 13.0 Å². The Morgan fingerprint density at radius 2 is 2.16 bits per heavy atom. The number of amides is 2. The first kappa shape index (κ1) is 13.2. The van der Waals surface area contributed by atoms with Crippen molar-refractivity contribution in [3.8, 4) is 0 Å². The van der Waals surface area contributed by atoms with Crippen LogP contribution in [0.2, 0.25) is 0 Å². The smallest absolute Gasteiger partial charge is 0.408 e. The second-order valence-corrected chi connectivity index (χ2v) is 4.34. The minimum atomic E-state index is -0.388. The van der Waals surface area contributed by atoms with Crippen LogP contribution < -0.4 is 16.4 Å². The number of carbonyl (C=O) groups is 1. The maximum atomic E-state index is 11.4. The van der Waals surface area contributed by atoms with Gasteiger partial charge in [-0.3, -0.25) is 4.57 Å². The Balaban J connectivity index is 2.06. The first-order valence-corrected chi connectivity index (χ1v) is 6.22. The zero-order chi connectivity index (χ0) is 13.8. The fraction of sp³-hybridized carbons (Fsp3) is 0.385. The molecular formula is C13H17N3O3. The van der Waals surface area contributed by atoms with Gasteiger partial charge < -0.3 is 15.1 Å². The predicted molar refractivity (Wildman–Crippen MR) is 72.0 cm³/mol. The molecule has 0 saturated heterocycles. The molecule has 102 valence electrons. The maximum absolute atomic E-state index is 11.4. The molecule has 6 nitrogen and oxygen atoms in total. The van der Waals surface area contributed by atoms with E-state index in [0.717, 1.165) is 17.5 Å². The van der Waals surface area contributed by atoms with E-state index in [4.69, 9.17) is 4.42 Å². The van der Waals surface area contributed by atoms with E-state index in [-0.39, 0.29) is 11.8 Å². The van der Waals surface area contributed by atoms with Crippen LogP contribution in [0.1, 0.15) is 18.9 Å². The minimum Gasteiger partial charge on any atom is -0.408 e. The number of aromatic nitrogens is 1. The first-order chi connectivity index (χ1) is 9.11. The van der Waals surface area contributed by atoms with Crippen LogP contribution in [0.15, 0.2) is 27.4 Å². The Labute approximate surface area is 110 Å². The van der Waals surface area contributed by atoms with E-state index in [0.29, 0.717) is 18.7 Å². The van der Waals surface area contributed by atoms with E-state index in [1.807, 2.05) is 13.0 Å². The van der Waals surface area contributed by atoms with Gasteiger partial charge in [0.2, 0.25) is 0 Å². The Morgan fingerprint density at radius 3 is 2.89 bits per heavy atom. The monoisotopic (exact) mass is 263 g/mol. The van der Waals surface area contributed by atoms with Crippen LogP contribution in [0.3, 0.4) is 0 Å². The highest BCUT2D eigenvalue weighted by atomic mass is 16.4. The number of fused-ring (bicyclic) bond motifs is 1. The summed E-state index contributed by atoms with van der Waals surface area (Å²) in [7, 11) is 1.66. The summed E-state index contributed by atoms with van der Waals surface area (Å²) in [5.41, 5.74) is 2.15. The van der Waals surface area contributed by atoms with E-state index in [1.54, 1.807) is 19.2 Å². The third-order valence-electron chi connectivity index (χ3n) is 2.85. The van der Waals surface area contributed by atoms with Gasteiger partial charge in [0.15, 0.2) is 5.58 Å². The standard InChI is InChI=1S/C13H17N3O3/c1-3-6-14-12(17)15-8-9-4-5-10-11(7-9)19-13(18)16(10)2/h4-5,7H,3,6,8H2,1-2H3,(H2,14,15,17). The molecule has 0 aliphatic heterocycles. The average Bonchev–Trinajstić information content (AvgIpc) is 2.69. The van der Waals surface area contributed by atoms with Crippen LogP contribution in [0, 0.1) is 0 Å². The zero-order valence-electron chi connectivity index (χ0n) is 11.0. The molecule has 2 N–H and O–H groups in total. The summed E-state index contributed by atoms with van der Waals surface area (Å²) in [4.78, 5) is 22.7. The highest BCUT2D eigenvalue weighted by Gasteiger charge is 2.06. The number of urea groups is 1. The van der Waals surface area contributed by atoms with Crippen molar-refractivity contribution in [1.29, 1.82) is 0 Å². The second-order valence-electron chi connectivity index (χ2n) is 4.34. The highest BCUT2D eigenvalue weighted by molar-refractivity contribution is 5.75. The van der Waals surface area contributed by atoms with Crippen molar-refractivity contribution in [2.24, 2.45) is 7.05 Å². The molecule has 0 spiro atoms. The molecule has 0 aliphatic carbocycles. The first-order valence-electron chi connectivity index (χ1n) is 6.22. The number of nitrogens with one attached hydrogen (secondary N) is 2. The third-order valence-corrected chi connectivity index (χ3v) is 2.85. The summed E-state index contributed by atoms with van der Waals surface area (Å²) in [5.74, 6) is -0.388. The summed E-state index contributed by atoms with van der Waals surface area (Å²) >= 11 is 0. The fourth-order valence-corrected chi connectivity index (χ4v) is 1.77. The lowest BCUT2D eigenvalue weighted by atomic mass is 10.2. The van der Waals surface area contributed by atoms with Gasteiger partial charge in [-0.15, -0.1) is 0 Å². The third kappa shape index (κ3) is 2.96. The van der Waals surface area contributed by atoms with Gasteiger partial charge in [0.05, 0.1) is 5.52 Å². The highest BCUT2D eigenvalue weighted by Crippen LogP contribution is 2.13. The zero-order valence-corrected chi connectivity index (χ0v) is 11.0. The summed E-state index contributed by atoms with van der Waals surface area (Å²) in [6, 6.07) is 5.23. The van der Waals surface area contributed by atoms with E-state index in [9.17, 15) is 9.59 Å². The largest absolute Gasteiger partial charge is 0.419 e. The van der Waals surface area contributed by atoms with E-state index >= 15 is 0 Å². The summed E-state index contributed by atoms with van der Waals surface area (Å²) in [6.07, 6.45) is 0.897. The molecule has 1 aromatic carbocycles. The Bertz CT molecular complexity index is 642. The van der Waals surface area contributed by atoms with Crippen LogP contribution >= 0.6 is 0 Å². The van der Waals surface area contributed by atoms with Crippen LogP contribution in [-0.2, 0) is 13.6 Å². The van der Waals surface area contributed by atoms with Gasteiger partial charge >= 0.3 is 11.8 Å². The van der Waals surface area contributed by atoms with Gasteiger partial charge in [-0.05, 0) is 24.1 Å². The molecule has 0 atom stereocenters. The summed E-state index contributed by atoms with van der Waals surface area (Å²) in [5, 5.41) is 5.47. The molecule has 0 aliphatic rings. The van der Waals surface area contributed by atoms with Crippen LogP contribution in [0.4, 0.5) is 4.79 Å². The number of hydrogen-bond acceptors (Lipinski definition) is 3. The lowest BCUT2D eigenvalue weighted by Gasteiger charge is -2.06. The lowest BCUT2D eigenvalue weighted by Crippen LogP contribution is -2.35. The van der Waals surface area contributed by atoms with Crippen molar-refractivity contribution in [3.63, 3.8) is 0 Å². The van der Waals surface area contributed by atoms with Gasteiger partial charge in [-0.2, -0.15) is 0 Å². The molecule has 0 fully saturated rings. The molecule has 0 radical (unpaired) electrons. The Hall–Kier alpha value is -2.24. The molecule has 0 saturated carbocycles. The molecule has 1 aromatic heterocycles. The van der Waals surface area contributed by atoms with Crippen molar-refractivity contribution in [2.75, 3.05) is 6.54 Å². The van der Waals surface area contributed by atoms with Crippen molar-refractivity contribution >= 4 is 17.1 Å². The number of aryl methyl sites for hydroxylation is 1. The van der Waals surface area contributed by atoms with E-state index in [1.165, 1.54) is 4.57 Å². The number of rotatable bonds is 4. The maximum Gasteiger partial charge on any atom is 0.419 e. The molecule has 2 rings (SSSR count). The predicted octanol–water partition coefficient (Wildman–Crippen LogP) is 1.34. The van der Waals surface area contributed by atoms with Gasteiger partial charge in [-0.25, -0.2) is 9.59 Å². The van der Waals surface area contributed by atoms with Crippen molar-refractivity contribution in [3.05, 3.63) is 34.3 Å². The van der Waals surface area contributed by atoms with Crippen LogP contribution in [0.5, 0.6) is 0 Å². The van der Waals surface area contributed by atoms with Gasteiger partial charge in [0.1, 0.15) is 0 Å². The van der Waals surface area contributed by atoms with Crippen LogP contribution in [0.25, 0.3) is 11.1 Å². The van der Waals surface area contributed by atoms with E-state index in [2.05, 4.69) is 10.6 Å². The average molecular weight is 263 g/mol. The number of benzene rings is 1. The van der Waals surface area contributed by atoms with Gasteiger partial charge in [0.25, 0.3) is 0 Å². The number of oxazole rings is 1. The Morgan fingerprint density at radius 1 is 1.37 bits per heavy atom. The van der Waals surface area contributed by atoms with Crippen LogP contribution in [-0.4, -0.2) is 17.1 Å². The number of carbonyl (C=O) groups excluding carboxylic acids is 1. The van der Waals surface area contributed by atoms with Crippen molar-refractivity contribution < 1.29 is 9.21 Å². The molecule has 0 unspecified atom stereocenters. The second kappa shape index (κ2) is 5.60. The molecule has 2 aromatic rings. The number of nitrogens with zero attached hydrogens (tertiary/aromatic N) is 1. The van der Waals surface area contributed by atoms with Crippen molar-refractivity contribution in [1.82, 2.24) is 15.2 Å².